The summed E-state index contributed by atoms with van der Waals surface area (Å²) in [5.41, 5.74) is 6.39. The zero-order chi connectivity index (χ0) is 13.0. The third-order valence-corrected chi connectivity index (χ3v) is 3.08. The summed E-state index contributed by atoms with van der Waals surface area (Å²) in [4.78, 5) is 4.54. The van der Waals surface area contributed by atoms with Gasteiger partial charge in [0.2, 0.25) is 0 Å². The number of rotatable bonds is 3. The maximum atomic E-state index is 4.54. The van der Waals surface area contributed by atoms with Crippen LogP contribution in [0.3, 0.4) is 0 Å². The summed E-state index contributed by atoms with van der Waals surface area (Å²) in [6, 6.07) is 14.7. The van der Waals surface area contributed by atoms with E-state index in [0.29, 0.717) is 0 Å². The van der Waals surface area contributed by atoms with Crippen LogP contribution in [0.2, 0.25) is 0 Å². The molecule has 0 radical (unpaired) electrons. The van der Waals surface area contributed by atoms with Gasteiger partial charge in [-0.05, 0) is 43.0 Å². The van der Waals surface area contributed by atoms with Gasteiger partial charge >= 0.3 is 0 Å². The number of benzene rings is 2. The largest absolute Gasteiger partial charge is 0.288 e. The van der Waals surface area contributed by atoms with Gasteiger partial charge in [-0.15, -0.1) is 0 Å². The Morgan fingerprint density at radius 2 is 1.56 bits per heavy atom. The first kappa shape index (κ1) is 12.6. The SMILES string of the molecule is Cc1cc(C)c(C=NCc2ccccc2)c(C)c1. The van der Waals surface area contributed by atoms with E-state index in [1.54, 1.807) is 0 Å². The Bertz CT molecular complexity index is 530. The normalized spacial score (nSPS) is 11.1. The van der Waals surface area contributed by atoms with Crippen LogP contribution >= 0.6 is 0 Å². The molecule has 1 heteroatoms. The predicted octanol–water partition coefficient (Wildman–Crippen LogP) is 4.23. The van der Waals surface area contributed by atoms with Crippen molar-refractivity contribution in [3.63, 3.8) is 0 Å². The van der Waals surface area contributed by atoms with E-state index in [-0.39, 0.29) is 0 Å². The van der Waals surface area contributed by atoms with E-state index in [1.165, 1.54) is 27.8 Å². The molecular weight excluding hydrogens is 218 g/mol. The Hall–Kier alpha value is -1.89. The maximum Gasteiger partial charge on any atom is 0.0639 e. The molecule has 0 atom stereocenters. The van der Waals surface area contributed by atoms with Crippen molar-refractivity contribution in [2.75, 3.05) is 0 Å². The molecule has 0 aliphatic rings. The minimum Gasteiger partial charge on any atom is -0.288 e. The second kappa shape index (κ2) is 5.63. The predicted molar refractivity (Wildman–Crippen MR) is 78.4 cm³/mol. The zero-order valence-corrected chi connectivity index (χ0v) is 11.3. The zero-order valence-electron chi connectivity index (χ0n) is 11.3. The Morgan fingerprint density at radius 3 is 2.17 bits per heavy atom. The first-order valence-electron chi connectivity index (χ1n) is 6.28. The van der Waals surface area contributed by atoms with Crippen LogP contribution in [-0.2, 0) is 6.54 Å². The summed E-state index contributed by atoms with van der Waals surface area (Å²) in [5.74, 6) is 0. The van der Waals surface area contributed by atoms with Crippen molar-refractivity contribution in [1.82, 2.24) is 0 Å². The highest BCUT2D eigenvalue weighted by Crippen LogP contribution is 2.14. The standard InChI is InChI=1S/C17H19N/c1-13-9-14(2)17(15(3)10-13)12-18-11-16-7-5-4-6-8-16/h4-10,12H,11H2,1-3H3. The molecule has 92 valence electrons. The van der Waals surface area contributed by atoms with Crippen LogP contribution in [-0.4, -0.2) is 6.21 Å². The summed E-state index contributed by atoms with van der Waals surface area (Å²) in [6.07, 6.45) is 2.00. The molecule has 2 aromatic rings. The quantitative estimate of drug-likeness (QED) is 0.708. The van der Waals surface area contributed by atoms with Crippen molar-refractivity contribution in [3.05, 3.63) is 70.3 Å². The van der Waals surface area contributed by atoms with Crippen molar-refractivity contribution in [1.29, 1.82) is 0 Å². The molecule has 0 N–H and O–H groups in total. The lowest BCUT2D eigenvalue weighted by atomic mass is 10.0. The van der Waals surface area contributed by atoms with E-state index in [1.807, 2.05) is 24.4 Å². The van der Waals surface area contributed by atoms with E-state index >= 15 is 0 Å². The first-order valence-corrected chi connectivity index (χ1v) is 6.28. The Balaban J connectivity index is 2.15. The molecule has 0 bridgehead atoms. The van der Waals surface area contributed by atoms with Crippen molar-refractivity contribution in [2.24, 2.45) is 4.99 Å². The molecule has 0 aliphatic heterocycles. The number of aliphatic imine (C=N–C) groups is 1. The third-order valence-electron chi connectivity index (χ3n) is 3.08. The molecule has 0 aromatic heterocycles. The van der Waals surface area contributed by atoms with Crippen LogP contribution in [0, 0.1) is 20.8 Å². The second-order valence-electron chi connectivity index (χ2n) is 4.77. The Kier molecular flexibility index (Phi) is 3.93. The minimum atomic E-state index is 0.744. The smallest absolute Gasteiger partial charge is 0.0639 e. The van der Waals surface area contributed by atoms with Crippen LogP contribution in [0.4, 0.5) is 0 Å². The van der Waals surface area contributed by atoms with Crippen molar-refractivity contribution in [2.45, 2.75) is 27.3 Å². The highest BCUT2D eigenvalue weighted by atomic mass is 14.7. The molecule has 0 saturated carbocycles. The summed E-state index contributed by atoms with van der Waals surface area (Å²) in [7, 11) is 0. The Morgan fingerprint density at radius 1 is 0.944 bits per heavy atom. The highest BCUT2D eigenvalue weighted by Gasteiger charge is 2.00. The molecule has 0 saturated heterocycles. The minimum absolute atomic E-state index is 0.744. The van der Waals surface area contributed by atoms with Gasteiger partial charge in [-0.1, -0.05) is 48.0 Å². The maximum absolute atomic E-state index is 4.54. The van der Waals surface area contributed by atoms with Gasteiger partial charge in [0.05, 0.1) is 6.54 Å². The van der Waals surface area contributed by atoms with Gasteiger partial charge in [0, 0.05) is 6.21 Å². The number of aryl methyl sites for hydroxylation is 3. The summed E-state index contributed by atoms with van der Waals surface area (Å²) < 4.78 is 0. The van der Waals surface area contributed by atoms with Gasteiger partial charge in [-0.2, -0.15) is 0 Å². The van der Waals surface area contributed by atoms with Gasteiger partial charge in [0.25, 0.3) is 0 Å². The van der Waals surface area contributed by atoms with Crippen LogP contribution in [0.1, 0.15) is 27.8 Å². The van der Waals surface area contributed by atoms with Gasteiger partial charge < -0.3 is 0 Å². The molecule has 2 aromatic carbocycles. The monoisotopic (exact) mass is 237 g/mol. The van der Waals surface area contributed by atoms with Crippen LogP contribution in [0.15, 0.2) is 47.5 Å². The number of nitrogens with zero attached hydrogens (tertiary/aromatic N) is 1. The summed E-state index contributed by atoms with van der Waals surface area (Å²) in [5, 5.41) is 0. The number of hydrogen-bond acceptors (Lipinski definition) is 1. The van der Waals surface area contributed by atoms with E-state index in [0.717, 1.165) is 6.54 Å². The lowest BCUT2D eigenvalue weighted by molar-refractivity contribution is 1.07. The van der Waals surface area contributed by atoms with E-state index in [9.17, 15) is 0 Å². The molecule has 18 heavy (non-hydrogen) atoms. The molecule has 0 fully saturated rings. The van der Waals surface area contributed by atoms with Crippen LogP contribution < -0.4 is 0 Å². The summed E-state index contributed by atoms with van der Waals surface area (Å²) in [6.45, 7) is 7.16. The van der Waals surface area contributed by atoms with Crippen LogP contribution in [0.25, 0.3) is 0 Å². The highest BCUT2D eigenvalue weighted by molar-refractivity contribution is 5.83. The number of hydrogen-bond donors (Lipinski definition) is 0. The molecule has 0 heterocycles. The van der Waals surface area contributed by atoms with E-state index in [2.05, 4.69) is 50.0 Å². The fraction of sp³-hybridized carbons (Fsp3) is 0.235. The molecule has 0 spiro atoms. The van der Waals surface area contributed by atoms with Crippen molar-refractivity contribution < 1.29 is 0 Å². The van der Waals surface area contributed by atoms with Crippen molar-refractivity contribution in [3.8, 4) is 0 Å². The molecule has 1 nitrogen and oxygen atoms in total. The topological polar surface area (TPSA) is 12.4 Å². The van der Waals surface area contributed by atoms with E-state index in [4.69, 9.17) is 0 Å². The van der Waals surface area contributed by atoms with Gasteiger partial charge in [0.1, 0.15) is 0 Å². The third kappa shape index (κ3) is 3.07. The molecule has 0 aliphatic carbocycles. The fourth-order valence-electron chi connectivity index (χ4n) is 2.22. The molecular formula is C17H19N. The van der Waals surface area contributed by atoms with Gasteiger partial charge in [-0.25, -0.2) is 0 Å². The van der Waals surface area contributed by atoms with Crippen LogP contribution in [0.5, 0.6) is 0 Å². The molecule has 0 amide bonds. The van der Waals surface area contributed by atoms with Gasteiger partial charge in [-0.3, -0.25) is 4.99 Å². The first-order chi connectivity index (χ1) is 8.66. The van der Waals surface area contributed by atoms with Gasteiger partial charge in [0.15, 0.2) is 0 Å². The fourth-order valence-corrected chi connectivity index (χ4v) is 2.22. The van der Waals surface area contributed by atoms with Crippen molar-refractivity contribution >= 4 is 6.21 Å². The molecule has 2 rings (SSSR count). The van der Waals surface area contributed by atoms with E-state index < -0.39 is 0 Å². The lowest BCUT2D eigenvalue weighted by Crippen LogP contribution is -1.94. The average molecular weight is 237 g/mol. The average Bonchev–Trinajstić information content (AvgIpc) is 2.34. The second-order valence-corrected chi connectivity index (χ2v) is 4.77. The summed E-state index contributed by atoms with van der Waals surface area (Å²) >= 11 is 0. The Labute approximate surface area is 109 Å². The lowest BCUT2D eigenvalue weighted by Gasteiger charge is -2.06. The molecule has 0 unspecified atom stereocenters.